The molecule has 2 heterocycles. The van der Waals surface area contributed by atoms with Gasteiger partial charge in [-0.25, -0.2) is 22.2 Å². The highest BCUT2D eigenvalue weighted by molar-refractivity contribution is 7.90. The molecule has 0 saturated heterocycles. The van der Waals surface area contributed by atoms with Crippen LogP contribution in [0.25, 0.3) is 11.0 Å². The number of pyridine rings is 1. The molecular formula is C19H20N2O4S. The third kappa shape index (κ3) is 3.35. The number of rotatable bonds is 3. The van der Waals surface area contributed by atoms with E-state index in [1.54, 1.807) is 51.1 Å². The van der Waals surface area contributed by atoms with E-state index in [2.05, 4.69) is 4.98 Å². The molecule has 3 rings (SSSR count). The standard InChI is InChI=1S/C19H20N2O4S/c1-13-5-7-14(8-6-13)26(23,24)21-12-10-15-16(9-11-20-17(15)21)18(22)25-19(2,3)4/h5-12H,1-4H3. The molecule has 0 atom stereocenters. The molecule has 0 N–H and O–H groups in total. The van der Waals surface area contributed by atoms with E-state index in [0.29, 0.717) is 5.39 Å². The second kappa shape index (κ2) is 6.25. The van der Waals surface area contributed by atoms with E-state index in [1.807, 2.05) is 6.92 Å². The summed E-state index contributed by atoms with van der Waals surface area (Å²) >= 11 is 0. The van der Waals surface area contributed by atoms with Crippen LogP contribution in [0.2, 0.25) is 0 Å². The van der Waals surface area contributed by atoms with E-state index < -0.39 is 21.6 Å². The molecule has 7 heteroatoms. The van der Waals surface area contributed by atoms with Crippen molar-refractivity contribution in [1.82, 2.24) is 8.96 Å². The second-order valence-electron chi connectivity index (χ2n) is 7.03. The number of aryl methyl sites for hydroxylation is 1. The molecule has 1 aromatic carbocycles. The Morgan fingerprint density at radius 3 is 2.35 bits per heavy atom. The number of fused-ring (bicyclic) bond motifs is 1. The van der Waals surface area contributed by atoms with E-state index >= 15 is 0 Å². The lowest BCUT2D eigenvalue weighted by Crippen LogP contribution is -2.24. The number of benzene rings is 1. The molecule has 0 saturated carbocycles. The highest BCUT2D eigenvalue weighted by Crippen LogP contribution is 2.25. The highest BCUT2D eigenvalue weighted by Gasteiger charge is 2.24. The summed E-state index contributed by atoms with van der Waals surface area (Å²) in [5.41, 5.74) is 0.784. The lowest BCUT2D eigenvalue weighted by atomic mass is 10.1. The summed E-state index contributed by atoms with van der Waals surface area (Å²) in [6.45, 7) is 7.21. The molecule has 0 unspecified atom stereocenters. The van der Waals surface area contributed by atoms with Crippen LogP contribution >= 0.6 is 0 Å². The first-order valence-corrected chi connectivity index (χ1v) is 9.55. The van der Waals surface area contributed by atoms with Crippen molar-refractivity contribution in [3.8, 4) is 0 Å². The van der Waals surface area contributed by atoms with Gasteiger partial charge in [0, 0.05) is 17.8 Å². The molecule has 0 amide bonds. The first-order chi connectivity index (χ1) is 12.1. The van der Waals surface area contributed by atoms with E-state index in [9.17, 15) is 13.2 Å². The zero-order valence-electron chi connectivity index (χ0n) is 15.1. The van der Waals surface area contributed by atoms with E-state index in [0.717, 1.165) is 9.54 Å². The molecule has 3 aromatic rings. The van der Waals surface area contributed by atoms with Gasteiger partial charge in [0.05, 0.1) is 10.5 Å². The monoisotopic (exact) mass is 372 g/mol. The van der Waals surface area contributed by atoms with Gasteiger partial charge in [-0.3, -0.25) is 0 Å². The Morgan fingerprint density at radius 1 is 1.08 bits per heavy atom. The van der Waals surface area contributed by atoms with Crippen LogP contribution < -0.4 is 0 Å². The minimum atomic E-state index is -3.81. The molecule has 26 heavy (non-hydrogen) atoms. The molecule has 0 fully saturated rings. The van der Waals surface area contributed by atoms with Gasteiger partial charge >= 0.3 is 5.97 Å². The van der Waals surface area contributed by atoms with Crippen LogP contribution in [0.15, 0.2) is 53.7 Å². The molecule has 0 bridgehead atoms. The van der Waals surface area contributed by atoms with Crippen molar-refractivity contribution in [1.29, 1.82) is 0 Å². The fourth-order valence-corrected chi connectivity index (χ4v) is 3.85. The van der Waals surface area contributed by atoms with Crippen LogP contribution in [0.1, 0.15) is 36.7 Å². The Kier molecular flexibility index (Phi) is 4.36. The maximum Gasteiger partial charge on any atom is 0.339 e. The molecular weight excluding hydrogens is 352 g/mol. The number of aromatic nitrogens is 2. The average Bonchev–Trinajstić information content (AvgIpc) is 2.98. The zero-order chi connectivity index (χ0) is 19.1. The topological polar surface area (TPSA) is 78.3 Å². The Bertz CT molecular complexity index is 1070. The van der Waals surface area contributed by atoms with Crippen LogP contribution in [0.3, 0.4) is 0 Å². The molecule has 0 aliphatic heterocycles. The highest BCUT2D eigenvalue weighted by atomic mass is 32.2. The Labute approximate surface area is 152 Å². The van der Waals surface area contributed by atoms with Crippen LogP contribution in [0.5, 0.6) is 0 Å². The summed E-state index contributed by atoms with van der Waals surface area (Å²) in [6, 6.07) is 9.66. The van der Waals surface area contributed by atoms with Gasteiger partial charge in [0.1, 0.15) is 5.60 Å². The minimum absolute atomic E-state index is 0.157. The normalized spacial score (nSPS) is 12.3. The summed E-state index contributed by atoms with van der Waals surface area (Å²) in [5, 5.41) is 0.428. The molecule has 136 valence electrons. The molecule has 0 spiro atoms. The second-order valence-corrected chi connectivity index (χ2v) is 8.84. The number of carbonyl (C=O) groups excluding carboxylic acids is 1. The molecule has 6 nitrogen and oxygen atoms in total. The Balaban J connectivity index is 2.11. The van der Waals surface area contributed by atoms with Crippen LogP contribution in [-0.4, -0.2) is 28.9 Å². The van der Waals surface area contributed by atoms with Crippen molar-refractivity contribution in [3.63, 3.8) is 0 Å². The number of carbonyl (C=O) groups is 1. The first kappa shape index (κ1) is 18.1. The predicted molar refractivity (Wildman–Crippen MR) is 98.7 cm³/mol. The average molecular weight is 372 g/mol. The van der Waals surface area contributed by atoms with Crippen molar-refractivity contribution >= 4 is 27.0 Å². The fraction of sp³-hybridized carbons (Fsp3) is 0.263. The third-order valence-electron chi connectivity index (χ3n) is 3.75. The van der Waals surface area contributed by atoms with Gasteiger partial charge in [-0.1, -0.05) is 17.7 Å². The zero-order valence-corrected chi connectivity index (χ0v) is 15.9. The lowest BCUT2D eigenvalue weighted by molar-refractivity contribution is 0.00717. The Morgan fingerprint density at radius 2 is 1.73 bits per heavy atom. The van der Waals surface area contributed by atoms with Gasteiger partial charge in [-0.15, -0.1) is 0 Å². The van der Waals surface area contributed by atoms with Crippen molar-refractivity contribution in [2.45, 2.75) is 38.2 Å². The van der Waals surface area contributed by atoms with Crippen molar-refractivity contribution in [3.05, 3.63) is 59.9 Å². The van der Waals surface area contributed by atoms with Crippen LogP contribution in [-0.2, 0) is 14.8 Å². The Hall–Kier alpha value is -2.67. The van der Waals surface area contributed by atoms with E-state index in [-0.39, 0.29) is 16.1 Å². The van der Waals surface area contributed by atoms with Crippen molar-refractivity contribution < 1.29 is 17.9 Å². The third-order valence-corrected chi connectivity index (χ3v) is 5.43. The van der Waals surface area contributed by atoms with Gasteiger partial charge in [0.25, 0.3) is 10.0 Å². The van der Waals surface area contributed by atoms with Gasteiger partial charge < -0.3 is 4.74 Å². The molecule has 0 radical (unpaired) electrons. The predicted octanol–water partition coefficient (Wildman–Crippen LogP) is 3.54. The molecule has 0 aliphatic carbocycles. The van der Waals surface area contributed by atoms with Gasteiger partial charge in [-0.2, -0.15) is 0 Å². The van der Waals surface area contributed by atoms with Gasteiger partial charge in [0.2, 0.25) is 0 Å². The van der Waals surface area contributed by atoms with E-state index in [4.69, 9.17) is 4.74 Å². The number of esters is 1. The number of nitrogens with zero attached hydrogens (tertiary/aromatic N) is 2. The van der Waals surface area contributed by atoms with Gasteiger partial charge in [-0.05, 0) is 52.0 Å². The largest absolute Gasteiger partial charge is 0.456 e. The first-order valence-electron chi connectivity index (χ1n) is 8.11. The lowest BCUT2D eigenvalue weighted by Gasteiger charge is -2.19. The van der Waals surface area contributed by atoms with Crippen LogP contribution in [0, 0.1) is 6.92 Å². The summed E-state index contributed by atoms with van der Waals surface area (Å²) in [5.74, 6) is -0.518. The molecule has 2 aromatic heterocycles. The number of ether oxygens (including phenoxy) is 1. The van der Waals surface area contributed by atoms with E-state index in [1.165, 1.54) is 18.5 Å². The van der Waals surface area contributed by atoms with Crippen LogP contribution in [0.4, 0.5) is 0 Å². The SMILES string of the molecule is Cc1ccc(S(=O)(=O)n2ccc3c(C(=O)OC(C)(C)C)ccnc32)cc1. The van der Waals surface area contributed by atoms with Crippen molar-refractivity contribution in [2.75, 3.05) is 0 Å². The maximum absolute atomic E-state index is 12.9. The smallest absolute Gasteiger partial charge is 0.339 e. The van der Waals surface area contributed by atoms with Gasteiger partial charge in [0.15, 0.2) is 5.65 Å². The maximum atomic E-state index is 12.9. The fourth-order valence-electron chi connectivity index (χ4n) is 2.54. The quantitative estimate of drug-likeness (QED) is 0.657. The number of hydrogen-bond donors (Lipinski definition) is 0. The minimum Gasteiger partial charge on any atom is -0.456 e. The summed E-state index contributed by atoms with van der Waals surface area (Å²) in [7, 11) is -3.81. The summed E-state index contributed by atoms with van der Waals surface area (Å²) in [4.78, 5) is 16.8. The summed E-state index contributed by atoms with van der Waals surface area (Å²) < 4.78 is 32.4. The number of hydrogen-bond acceptors (Lipinski definition) is 5. The molecule has 0 aliphatic rings. The van der Waals surface area contributed by atoms with Crippen molar-refractivity contribution in [2.24, 2.45) is 0 Å². The summed E-state index contributed by atoms with van der Waals surface area (Å²) in [6.07, 6.45) is 2.81.